The molecule has 0 saturated carbocycles. The van der Waals surface area contributed by atoms with E-state index < -0.39 is 0 Å². The molecule has 0 aromatic heterocycles. The molecule has 0 spiro atoms. The molecule has 7 heteroatoms. The quantitative estimate of drug-likeness (QED) is 0.274. The van der Waals surface area contributed by atoms with E-state index in [2.05, 4.69) is 10.3 Å². The number of rotatable bonds is 1. The summed E-state index contributed by atoms with van der Waals surface area (Å²) >= 11 is 1.24. The van der Waals surface area contributed by atoms with E-state index in [0.717, 1.165) is 4.90 Å². The maximum atomic E-state index is 12.0. The minimum Gasteiger partial charge on any atom is -0.277 e. The van der Waals surface area contributed by atoms with Gasteiger partial charge in [-0.25, -0.2) is 4.99 Å². The van der Waals surface area contributed by atoms with Gasteiger partial charge in [0.25, 0.3) is 11.8 Å². The Morgan fingerprint density at radius 3 is 2.79 bits per heavy atom. The Morgan fingerprint density at radius 1 is 1.42 bits per heavy atom. The fourth-order valence-electron chi connectivity index (χ4n) is 1.76. The highest BCUT2D eigenvalue weighted by atomic mass is 32.2. The van der Waals surface area contributed by atoms with Gasteiger partial charge in [0.2, 0.25) is 0 Å². The van der Waals surface area contributed by atoms with Gasteiger partial charge in [0.1, 0.15) is 0 Å². The zero-order valence-corrected chi connectivity index (χ0v) is 11.1. The first kappa shape index (κ1) is 13.1. The van der Waals surface area contributed by atoms with Gasteiger partial charge in [0.05, 0.1) is 16.8 Å². The molecule has 1 N–H and O–H groups in total. The standard InChI is InChI=1S/C12H10N4O2S/c1-16-10(17)7-4-3-5-8(9(7)11(16)18)15-12(19-2)14-6-13/h3-5H,1-2H3,(H,14,15). The van der Waals surface area contributed by atoms with Crippen molar-refractivity contribution in [2.45, 2.75) is 0 Å². The molecule has 19 heavy (non-hydrogen) atoms. The topological polar surface area (TPSA) is 85.6 Å². The van der Waals surface area contributed by atoms with Crippen molar-refractivity contribution in [1.29, 1.82) is 5.26 Å². The van der Waals surface area contributed by atoms with Gasteiger partial charge in [-0.05, 0) is 18.4 Å². The summed E-state index contributed by atoms with van der Waals surface area (Å²) in [4.78, 5) is 29.1. The number of nitriles is 1. The van der Waals surface area contributed by atoms with Crippen molar-refractivity contribution >= 4 is 34.4 Å². The molecule has 1 heterocycles. The van der Waals surface area contributed by atoms with Crippen molar-refractivity contribution < 1.29 is 9.59 Å². The van der Waals surface area contributed by atoms with Crippen LogP contribution in [0.3, 0.4) is 0 Å². The predicted octanol–water partition coefficient (Wildman–Crippen LogP) is 1.33. The monoisotopic (exact) mass is 274 g/mol. The Hall–Kier alpha value is -2.33. The molecule has 1 aromatic carbocycles. The average Bonchev–Trinajstić information content (AvgIpc) is 2.64. The van der Waals surface area contributed by atoms with Crippen LogP contribution in [0.5, 0.6) is 0 Å². The first-order valence-electron chi connectivity index (χ1n) is 5.33. The molecule has 1 aromatic rings. The number of hydrogen-bond donors (Lipinski definition) is 1. The SMILES string of the molecule is CSC(=Nc1cccc2c1C(=O)N(C)C2=O)NC#N. The summed E-state index contributed by atoms with van der Waals surface area (Å²) in [5.41, 5.74) is 1.000. The van der Waals surface area contributed by atoms with Crippen LogP contribution in [0, 0.1) is 11.5 Å². The van der Waals surface area contributed by atoms with E-state index in [9.17, 15) is 9.59 Å². The van der Waals surface area contributed by atoms with Gasteiger partial charge in [-0.2, -0.15) is 5.26 Å². The molecule has 1 aliphatic rings. The Labute approximate surface area is 114 Å². The molecule has 0 fully saturated rings. The minimum absolute atomic E-state index is 0.279. The van der Waals surface area contributed by atoms with Crippen molar-refractivity contribution in [3.8, 4) is 6.19 Å². The third kappa shape index (κ3) is 2.18. The van der Waals surface area contributed by atoms with E-state index in [1.807, 2.05) is 0 Å². The number of amides is 2. The van der Waals surface area contributed by atoms with Gasteiger partial charge in [-0.1, -0.05) is 17.8 Å². The summed E-state index contributed by atoms with van der Waals surface area (Å²) in [6.07, 6.45) is 3.53. The minimum atomic E-state index is -0.378. The van der Waals surface area contributed by atoms with E-state index in [0.29, 0.717) is 16.4 Å². The molecule has 0 bridgehead atoms. The van der Waals surface area contributed by atoms with Gasteiger partial charge >= 0.3 is 0 Å². The predicted molar refractivity (Wildman–Crippen MR) is 72.2 cm³/mol. The zero-order chi connectivity index (χ0) is 14.0. The average molecular weight is 274 g/mol. The Kier molecular flexibility index (Phi) is 3.53. The van der Waals surface area contributed by atoms with Crippen LogP contribution >= 0.6 is 11.8 Å². The number of nitrogens with zero attached hydrogens (tertiary/aromatic N) is 3. The van der Waals surface area contributed by atoms with Gasteiger partial charge in [-0.15, -0.1) is 0 Å². The van der Waals surface area contributed by atoms with Crippen molar-refractivity contribution in [3.63, 3.8) is 0 Å². The van der Waals surface area contributed by atoms with Gasteiger partial charge in [-0.3, -0.25) is 19.8 Å². The largest absolute Gasteiger partial charge is 0.277 e. The van der Waals surface area contributed by atoms with E-state index in [-0.39, 0.29) is 17.4 Å². The normalized spacial score (nSPS) is 14.4. The number of aliphatic imine (C=N–C) groups is 1. The first-order chi connectivity index (χ1) is 9.10. The van der Waals surface area contributed by atoms with Crippen LogP contribution in [-0.4, -0.2) is 35.2 Å². The molecule has 6 nitrogen and oxygen atoms in total. The van der Waals surface area contributed by atoms with Crippen LogP contribution in [0.2, 0.25) is 0 Å². The second-order valence-corrected chi connectivity index (χ2v) is 4.52. The maximum absolute atomic E-state index is 12.0. The summed E-state index contributed by atoms with van der Waals surface area (Å²) < 4.78 is 0. The second kappa shape index (κ2) is 5.12. The number of nitrogens with one attached hydrogen (secondary N) is 1. The fraction of sp³-hybridized carbons (Fsp3) is 0.167. The summed E-state index contributed by atoms with van der Waals surface area (Å²) in [6, 6.07) is 4.89. The molecular formula is C12H10N4O2S. The van der Waals surface area contributed by atoms with Crippen LogP contribution in [0.25, 0.3) is 0 Å². The molecule has 2 amide bonds. The summed E-state index contributed by atoms with van der Waals surface area (Å²) in [5, 5.41) is 11.4. The number of carbonyl (C=O) groups excluding carboxylic acids is 2. The Bertz CT molecular complexity index is 633. The summed E-state index contributed by atoms with van der Waals surface area (Å²) in [5.74, 6) is -0.715. The molecule has 0 atom stereocenters. The van der Waals surface area contributed by atoms with E-state index >= 15 is 0 Å². The van der Waals surface area contributed by atoms with Gasteiger partial charge < -0.3 is 0 Å². The molecular weight excluding hydrogens is 264 g/mol. The van der Waals surface area contributed by atoms with Gasteiger partial charge in [0, 0.05) is 7.05 Å². The molecule has 1 aliphatic heterocycles. The number of fused-ring (bicyclic) bond motifs is 1. The van der Waals surface area contributed by atoms with Crippen LogP contribution in [0.1, 0.15) is 20.7 Å². The number of hydrogen-bond acceptors (Lipinski definition) is 5. The van der Waals surface area contributed by atoms with E-state index in [1.54, 1.807) is 30.6 Å². The third-order valence-electron chi connectivity index (χ3n) is 2.67. The number of imide groups is 1. The smallest absolute Gasteiger partial charge is 0.263 e. The van der Waals surface area contributed by atoms with Crippen molar-refractivity contribution in [2.24, 2.45) is 4.99 Å². The molecule has 0 aliphatic carbocycles. The highest BCUT2D eigenvalue weighted by molar-refractivity contribution is 8.13. The van der Waals surface area contributed by atoms with Gasteiger partial charge in [0.15, 0.2) is 11.4 Å². The second-order valence-electron chi connectivity index (χ2n) is 3.73. The third-order valence-corrected chi connectivity index (χ3v) is 3.25. The number of carbonyl (C=O) groups is 2. The van der Waals surface area contributed by atoms with Crippen LogP contribution in [0.4, 0.5) is 5.69 Å². The lowest BCUT2D eigenvalue weighted by atomic mass is 10.1. The molecule has 0 unspecified atom stereocenters. The fourth-order valence-corrected chi connectivity index (χ4v) is 2.10. The maximum Gasteiger partial charge on any atom is 0.263 e. The number of amidine groups is 1. The molecule has 0 saturated heterocycles. The lowest BCUT2D eigenvalue weighted by Crippen LogP contribution is -2.24. The first-order valence-corrected chi connectivity index (χ1v) is 6.55. The zero-order valence-electron chi connectivity index (χ0n) is 10.3. The summed E-state index contributed by atoms with van der Waals surface area (Å²) in [7, 11) is 1.43. The Balaban J connectivity index is 2.55. The van der Waals surface area contributed by atoms with Crippen LogP contribution in [-0.2, 0) is 0 Å². The van der Waals surface area contributed by atoms with Crippen molar-refractivity contribution in [3.05, 3.63) is 29.3 Å². The lowest BCUT2D eigenvalue weighted by Gasteiger charge is -2.04. The van der Waals surface area contributed by atoms with E-state index in [4.69, 9.17) is 5.26 Å². The lowest BCUT2D eigenvalue weighted by molar-refractivity contribution is 0.0693. The number of benzene rings is 1. The molecule has 0 radical (unpaired) electrons. The van der Waals surface area contributed by atoms with E-state index in [1.165, 1.54) is 18.8 Å². The summed E-state index contributed by atoms with van der Waals surface area (Å²) in [6.45, 7) is 0. The van der Waals surface area contributed by atoms with Crippen molar-refractivity contribution in [1.82, 2.24) is 10.2 Å². The van der Waals surface area contributed by atoms with Crippen molar-refractivity contribution in [2.75, 3.05) is 13.3 Å². The Morgan fingerprint density at radius 2 is 2.16 bits per heavy atom. The van der Waals surface area contributed by atoms with Crippen LogP contribution in [0.15, 0.2) is 23.2 Å². The highest BCUT2D eigenvalue weighted by Gasteiger charge is 2.34. The highest BCUT2D eigenvalue weighted by Crippen LogP contribution is 2.30. The number of thioether (sulfide) groups is 1. The molecule has 96 valence electrons. The van der Waals surface area contributed by atoms with Crippen LogP contribution < -0.4 is 5.32 Å². The molecule has 2 rings (SSSR count).